The molecular weight excluding hydrogens is 621 g/mol. The van der Waals surface area contributed by atoms with E-state index in [1.807, 2.05) is 26.0 Å². The first-order valence-electron chi connectivity index (χ1n) is 14.6. The summed E-state index contributed by atoms with van der Waals surface area (Å²) < 4.78 is 64.6. The van der Waals surface area contributed by atoms with Gasteiger partial charge >= 0.3 is 0 Å². The standard InChI is InChI=1S/C37H36O7S2/c1-36(2,3)26-6-12-31(13-7-26)44-37(4,5)27-8-18-32(19-9-27)45(39,40)34-22-14-29(15-23-34)43-30-16-24-35(25-17-30)46(41,42)33-20-10-28(38)11-21-33/h6-25,38H,1-5H3. The number of phenolic OH excluding ortho intramolecular Hbond substituents is 1. The van der Waals surface area contributed by atoms with Gasteiger partial charge in [0.25, 0.3) is 0 Å². The van der Waals surface area contributed by atoms with Crippen molar-refractivity contribution in [3.05, 3.63) is 132 Å². The van der Waals surface area contributed by atoms with Gasteiger partial charge in [0, 0.05) is 0 Å². The van der Waals surface area contributed by atoms with E-state index in [2.05, 4.69) is 32.9 Å². The van der Waals surface area contributed by atoms with E-state index in [-0.39, 0.29) is 30.7 Å². The molecule has 0 amide bonds. The highest BCUT2D eigenvalue weighted by molar-refractivity contribution is 7.91. The van der Waals surface area contributed by atoms with E-state index in [1.54, 1.807) is 36.4 Å². The molecule has 0 aromatic heterocycles. The van der Waals surface area contributed by atoms with Crippen LogP contribution < -0.4 is 9.47 Å². The third kappa shape index (κ3) is 7.11. The fourth-order valence-corrected chi connectivity index (χ4v) is 7.34. The zero-order chi connectivity index (χ0) is 33.3. The van der Waals surface area contributed by atoms with E-state index >= 15 is 0 Å². The Labute approximate surface area is 270 Å². The lowest BCUT2D eigenvalue weighted by molar-refractivity contribution is 0.108. The van der Waals surface area contributed by atoms with Gasteiger partial charge in [0.2, 0.25) is 19.7 Å². The summed E-state index contributed by atoms with van der Waals surface area (Å²) in [5.74, 6) is 1.47. The minimum absolute atomic E-state index is 0.0251. The molecule has 1 N–H and O–H groups in total. The molecule has 238 valence electrons. The number of hydrogen-bond acceptors (Lipinski definition) is 7. The molecule has 5 aromatic rings. The molecule has 9 heteroatoms. The lowest BCUT2D eigenvalue weighted by Crippen LogP contribution is -2.25. The van der Waals surface area contributed by atoms with Gasteiger partial charge in [-0.1, -0.05) is 45.0 Å². The molecule has 7 nitrogen and oxygen atoms in total. The summed E-state index contributed by atoms with van der Waals surface area (Å²) in [6, 6.07) is 31.9. The van der Waals surface area contributed by atoms with Crippen LogP contribution in [0.3, 0.4) is 0 Å². The third-order valence-corrected chi connectivity index (χ3v) is 11.2. The number of benzene rings is 5. The van der Waals surface area contributed by atoms with Crippen molar-refractivity contribution < 1.29 is 31.4 Å². The summed E-state index contributed by atoms with van der Waals surface area (Å²) in [6.07, 6.45) is 0. The van der Waals surface area contributed by atoms with Crippen LogP contribution in [0.1, 0.15) is 45.7 Å². The Balaban J connectivity index is 1.25. The number of ether oxygens (including phenoxy) is 2. The van der Waals surface area contributed by atoms with Crippen molar-refractivity contribution in [2.24, 2.45) is 0 Å². The minimum atomic E-state index is -3.80. The van der Waals surface area contributed by atoms with Crippen molar-refractivity contribution in [2.75, 3.05) is 0 Å². The Hall–Kier alpha value is -4.60. The van der Waals surface area contributed by atoms with Crippen molar-refractivity contribution in [3.8, 4) is 23.0 Å². The molecule has 0 aliphatic carbocycles. The van der Waals surface area contributed by atoms with E-state index in [0.717, 1.165) is 11.3 Å². The summed E-state index contributed by atoms with van der Waals surface area (Å²) in [5.41, 5.74) is 1.38. The highest BCUT2D eigenvalue weighted by atomic mass is 32.2. The quantitative estimate of drug-likeness (QED) is 0.170. The maximum absolute atomic E-state index is 13.4. The van der Waals surface area contributed by atoms with E-state index in [4.69, 9.17) is 9.47 Å². The van der Waals surface area contributed by atoms with Crippen molar-refractivity contribution in [1.82, 2.24) is 0 Å². The number of sulfone groups is 2. The van der Waals surface area contributed by atoms with Gasteiger partial charge < -0.3 is 14.6 Å². The second-order valence-corrected chi connectivity index (χ2v) is 16.4. The van der Waals surface area contributed by atoms with Gasteiger partial charge in [-0.3, -0.25) is 0 Å². The summed E-state index contributed by atoms with van der Waals surface area (Å²) in [7, 11) is -7.56. The molecule has 5 aromatic carbocycles. The van der Waals surface area contributed by atoms with Crippen molar-refractivity contribution in [3.63, 3.8) is 0 Å². The Morgan fingerprint density at radius 2 is 0.783 bits per heavy atom. The molecule has 0 unspecified atom stereocenters. The van der Waals surface area contributed by atoms with Gasteiger partial charge in [-0.25, -0.2) is 16.8 Å². The molecule has 0 spiro atoms. The highest BCUT2D eigenvalue weighted by Gasteiger charge is 2.25. The van der Waals surface area contributed by atoms with E-state index < -0.39 is 25.3 Å². The van der Waals surface area contributed by atoms with Crippen LogP contribution in [-0.2, 0) is 30.7 Å². The Morgan fingerprint density at radius 1 is 0.457 bits per heavy atom. The topological polar surface area (TPSA) is 107 Å². The zero-order valence-corrected chi connectivity index (χ0v) is 27.9. The Kier molecular flexibility index (Phi) is 8.77. The van der Waals surface area contributed by atoms with Crippen LogP contribution in [0.2, 0.25) is 0 Å². The van der Waals surface area contributed by atoms with Gasteiger partial charge in [-0.05, 0) is 127 Å². The SMILES string of the molecule is CC(C)(C)c1ccc(OC(C)(C)c2ccc(S(=O)(=O)c3ccc(Oc4ccc(S(=O)(=O)c5ccc(O)cc5)cc4)cc3)cc2)cc1. The lowest BCUT2D eigenvalue weighted by atomic mass is 9.87. The molecule has 0 bridgehead atoms. The van der Waals surface area contributed by atoms with Gasteiger partial charge in [-0.15, -0.1) is 0 Å². The molecule has 0 fully saturated rings. The number of aromatic hydroxyl groups is 1. The predicted molar refractivity (Wildman–Crippen MR) is 177 cm³/mol. The first-order chi connectivity index (χ1) is 21.6. The molecule has 0 saturated heterocycles. The van der Waals surface area contributed by atoms with Crippen LogP contribution in [0.4, 0.5) is 0 Å². The predicted octanol–water partition coefficient (Wildman–Crippen LogP) is 8.46. The van der Waals surface area contributed by atoms with Gasteiger partial charge in [0.15, 0.2) is 0 Å². The second kappa shape index (κ2) is 12.3. The summed E-state index contributed by atoms with van der Waals surface area (Å²) in [5, 5.41) is 9.44. The number of rotatable bonds is 9. The van der Waals surface area contributed by atoms with Crippen LogP contribution in [-0.4, -0.2) is 21.9 Å². The minimum Gasteiger partial charge on any atom is -0.508 e. The second-order valence-electron chi connectivity index (χ2n) is 12.5. The molecule has 5 rings (SSSR count). The van der Waals surface area contributed by atoms with Crippen LogP contribution in [0, 0.1) is 0 Å². The van der Waals surface area contributed by atoms with Crippen molar-refractivity contribution in [1.29, 1.82) is 0 Å². The smallest absolute Gasteiger partial charge is 0.206 e. The Bertz CT molecular complexity index is 2020. The van der Waals surface area contributed by atoms with E-state index in [0.29, 0.717) is 11.5 Å². The molecular formula is C37H36O7S2. The van der Waals surface area contributed by atoms with Crippen LogP contribution in [0.5, 0.6) is 23.0 Å². The van der Waals surface area contributed by atoms with Crippen LogP contribution in [0.15, 0.2) is 141 Å². The van der Waals surface area contributed by atoms with E-state index in [1.165, 1.54) is 66.2 Å². The third-order valence-electron chi connectivity index (χ3n) is 7.60. The van der Waals surface area contributed by atoms with Crippen molar-refractivity contribution in [2.45, 2.75) is 65.2 Å². The average molecular weight is 657 g/mol. The fourth-order valence-electron chi connectivity index (χ4n) is 4.82. The van der Waals surface area contributed by atoms with Gasteiger partial charge in [0.1, 0.15) is 28.6 Å². The molecule has 0 aliphatic rings. The first-order valence-corrected chi connectivity index (χ1v) is 17.6. The molecule has 0 heterocycles. The maximum Gasteiger partial charge on any atom is 0.206 e. The highest BCUT2D eigenvalue weighted by Crippen LogP contribution is 2.33. The average Bonchev–Trinajstić information content (AvgIpc) is 3.01. The molecule has 0 radical (unpaired) electrons. The lowest BCUT2D eigenvalue weighted by Gasteiger charge is -2.28. The molecule has 0 aliphatic heterocycles. The van der Waals surface area contributed by atoms with Crippen molar-refractivity contribution >= 4 is 19.7 Å². The van der Waals surface area contributed by atoms with Gasteiger partial charge in [0.05, 0.1) is 19.6 Å². The number of hydrogen-bond donors (Lipinski definition) is 1. The first kappa shape index (κ1) is 32.8. The normalized spacial score (nSPS) is 12.5. The summed E-state index contributed by atoms with van der Waals surface area (Å²) in [6.45, 7) is 10.4. The Morgan fingerprint density at radius 3 is 1.17 bits per heavy atom. The van der Waals surface area contributed by atoms with E-state index in [9.17, 15) is 21.9 Å². The fraction of sp³-hybridized carbons (Fsp3) is 0.189. The molecule has 46 heavy (non-hydrogen) atoms. The maximum atomic E-state index is 13.4. The molecule has 0 atom stereocenters. The largest absolute Gasteiger partial charge is 0.508 e. The zero-order valence-electron chi connectivity index (χ0n) is 26.3. The van der Waals surface area contributed by atoms with Crippen LogP contribution >= 0.6 is 0 Å². The number of phenols is 1. The monoisotopic (exact) mass is 656 g/mol. The summed E-state index contributed by atoms with van der Waals surface area (Å²) in [4.78, 5) is 0.394. The summed E-state index contributed by atoms with van der Waals surface area (Å²) >= 11 is 0. The van der Waals surface area contributed by atoms with Crippen LogP contribution in [0.25, 0.3) is 0 Å². The van der Waals surface area contributed by atoms with Gasteiger partial charge in [-0.2, -0.15) is 0 Å². The molecule has 0 saturated carbocycles.